The van der Waals surface area contributed by atoms with Crippen molar-refractivity contribution in [2.24, 2.45) is 5.73 Å². The van der Waals surface area contributed by atoms with Crippen molar-refractivity contribution in [2.75, 3.05) is 0 Å². The van der Waals surface area contributed by atoms with Gasteiger partial charge in [0, 0.05) is 30.9 Å². The molecule has 2 N–H and O–H groups in total. The standard InChI is InChI=1S/C13H25N3/c1-4-7-11(14)12(6-3)16-10-9-15-13(16)8-5-2/h9-12H,4-8,14H2,1-3H3. The Labute approximate surface area is 99.1 Å². The Morgan fingerprint density at radius 2 is 2.06 bits per heavy atom. The van der Waals surface area contributed by atoms with Crippen molar-refractivity contribution in [1.82, 2.24) is 9.55 Å². The highest BCUT2D eigenvalue weighted by Gasteiger charge is 2.18. The molecule has 0 aliphatic rings. The van der Waals surface area contributed by atoms with Gasteiger partial charge in [-0.05, 0) is 19.3 Å². The molecular formula is C13H25N3. The highest BCUT2D eigenvalue weighted by atomic mass is 15.1. The van der Waals surface area contributed by atoms with Gasteiger partial charge in [0.25, 0.3) is 0 Å². The Balaban J connectivity index is 2.81. The van der Waals surface area contributed by atoms with E-state index in [0.717, 1.165) is 32.1 Å². The van der Waals surface area contributed by atoms with E-state index in [2.05, 4.69) is 36.5 Å². The molecule has 0 fully saturated rings. The van der Waals surface area contributed by atoms with Crippen LogP contribution in [0.25, 0.3) is 0 Å². The summed E-state index contributed by atoms with van der Waals surface area (Å²) in [6.45, 7) is 6.58. The molecule has 0 aliphatic carbocycles. The second-order valence-electron chi connectivity index (χ2n) is 4.43. The molecule has 2 unspecified atom stereocenters. The Hall–Kier alpha value is -0.830. The molecular weight excluding hydrogens is 198 g/mol. The largest absolute Gasteiger partial charge is 0.330 e. The highest BCUT2D eigenvalue weighted by Crippen LogP contribution is 2.20. The Morgan fingerprint density at radius 3 is 2.62 bits per heavy atom. The van der Waals surface area contributed by atoms with Crippen molar-refractivity contribution in [3.8, 4) is 0 Å². The lowest BCUT2D eigenvalue weighted by Crippen LogP contribution is -2.32. The van der Waals surface area contributed by atoms with Crippen molar-refractivity contribution in [2.45, 2.75) is 65.0 Å². The number of nitrogens with two attached hydrogens (primary N) is 1. The first-order valence-electron chi connectivity index (χ1n) is 6.51. The molecule has 0 saturated heterocycles. The molecule has 16 heavy (non-hydrogen) atoms. The molecule has 3 nitrogen and oxygen atoms in total. The molecule has 0 radical (unpaired) electrons. The van der Waals surface area contributed by atoms with Crippen molar-refractivity contribution in [3.05, 3.63) is 18.2 Å². The van der Waals surface area contributed by atoms with Gasteiger partial charge in [-0.2, -0.15) is 0 Å². The summed E-state index contributed by atoms with van der Waals surface area (Å²) in [6, 6.07) is 0.656. The molecule has 0 spiro atoms. The van der Waals surface area contributed by atoms with Crippen LogP contribution < -0.4 is 5.73 Å². The minimum atomic E-state index is 0.250. The molecule has 1 aromatic heterocycles. The second-order valence-corrected chi connectivity index (χ2v) is 4.43. The first-order chi connectivity index (χ1) is 7.74. The fourth-order valence-corrected chi connectivity index (χ4v) is 2.29. The van der Waals surface area contributed by atoms with E-state index in [0.29, 0.717) is 6.04 Å². The van der Waals surface area contributed by atoms with Gasteiger partial charge in [0.15, 0.2) is 0 Å². The summed E-state index contributed by atoms with van der Waals surface area (Å²) >= 11 is 0. The summed E-state index contributed by atoms with van der Waals surface area (Å²) in [5.41, 5.74) is 6.25. The number of hydrogen-bond acceptors (Lipinski definition) is 2. The van der Waals surface area contributed by atoms with Gasteiger partial charge in [0.1, 0.15) is 5.82 Å². The predicted octanol–water partition coefficient (Wildman–Crippen LogP) is 2.91. The smallest absolute Gasteiger partial charge is 0.108 e. The van der Waals surface area contributed by atoms with E-state index in [9.17, 15) is 0 Å². The first kappa shape index (κ1) is 13.2. The van der Waals surface area contributed by atoms with Crippen LogP contribution in [0.5, 0.6) is 0 Å². The van der Waals surface area contributed by atoms with E-state index in [1.165, 1.54) is 5.82 Å². The van der Waals surface area contributed by atoms with Gasteiger partial charge >= 0.3 is 0 Å². The molecule has 0 aliphatic heterocycles. The van der Waals surface area contributed by atoms with Crippen LogP contribution in [-0.2, 0) is 6.42 Å². The number of aromatic nitrogens is 2. The SMILES string of the molecule is CCCc1nccn1C(CC)C(N)CCC. The topological polar surface area (TPSA) is 43.8 Å². The van der Waals surface area contributed by atoms with Crippen molar-refractivity contribution >= 4 is 0 Å². The monoisotopic (exact) mass is 223 g/mol. The zero-order valence-electron chi connectivity index (χ0n) is 10.8. The van der Waals surface area contributed by atoms with Crippen LogP contribution in [0, 0.1) is 0 Å². The van der Waals surface area contributed by atoms with E-state index in [4.69, 9.17) is 5.73 Å². The molecule has 0 aromatic carbocycles. The van der Waals surface area contributed by atoms with Crippen molar-refractivity contribution in [3.63, 3.8) is 0 Å². The van der Waals surface area contributed by atoms with Crippen LogP contribution in [0.15, 0.2) is 12.4 Å². The molecule has 2 atom stereocenters. The Morgan fingerprint density at radius 1 is 1.31 bits per heavy atom. The van der Waals surface area contributed by atoms with E-state index in [1.54, 1.807) is 0 Å². The van der Waals surface area contributed by atoms with Crippen LogP contribution in [-0.4, -0.2) is 15.6 Å². The summed E-state index contributed by atoms with van der Waals surface area (Å²) in [5, 5.41) is 0. The lowest BCUT2D eigenvalue weighted by molar-refractivity contribution is 0.368. The van der Waals surface area contributed by atoms with E-state index in [1.807, 2.05) is 6.20 Å². The maximum absolute atomic E-state index is 6.25. The van der Waals surface area contributed by atoms with E-state index < -0.39 is 0 Å². The number of aryl methyl sites for hydroxylation is 1. The lowest BCUT2D eigenvalue weighted by atomic mass is 10.0. The number of hydrogen-bond donors (Lipinski definition) is 1. The molecule has 1 heterocycles. The third-order valence-electron chi connectivity index (χ3n) is 3.11. The van der Waals surface area contributed by atoms with Crippen molar-refractivity contribution in [1.29, 1.82) is 0 Å². The molecule has 1 aromatic rings. The number of rotatable bonds is 7. The molecule has 92 valence electrons. The third kappa shape index (κ3) is 3.08. The van der Waals surface area contributed by atoms with Crippen LogP contribution in [0.4, 0.5) is 0 Å². The van der Waals surface area contributed by atoms with E-state index >= 15 is 0 Å². The summed E-state index contributed by atoms with van der Waals surface area (Å²) in [5.74, 6) is 1.18. The van der Waals surface area contributed by atoms with Gasteiger partial charge in [-0.1, -0.05) is 27.2 Å². The normalized spacial score (nSPS) is 15.0. The summed E-state index contributed by atoms with van der Waals surface area (Å²) in [7, 11) is 0. The van der Waals surface area contributed by atoms with Gasteiger partial charge in [-0.15, -0.1) is 0 Å². The minimum Gasteiger partial charge on any atom is -0.330 e. The lowest BCUT2D eigenvalue weighted by Gasteiger charge is -2.25. The quantitative estimate of drug-likeness (QED) is 0.772. The average molecular weight is 223 g/mol. The summed E-state index contributed by atoms with van der Waals surface area (Å²) in [4.78, 5) is 4.42. The van der Waals surface area contributed by atoms with Gasteiger partial charge < -0.3 is 10.3 Å². The van der Waals surface area contributed by atoms with E-state index in [-0.39, 0.29) is 6.04 Å². The van der Waals surface area contributed by atoms with Crippen molar-refractivity contribution < 1.29 is 0 Å². The number of imidazole rings is 1. The van der Waals surface area contributed by atoms with Gasteiger partial charge in [-0.3, -0.25) is 0 Å². The fraction of sp³-hybridized carbons (Fsp3) is 0.769. The van der Waals surface area contributed by atoms with Gasteiger partial charge in [0.2, 0.25) is 0 Å². The molecule has 0 amide bonds. The van der Waals surface area contributed by atoms with Gasteiger partial charge in [-0.25, -0.2) is 4.98 Å². The predicted molar refractivity (Wildman–Crippen MR) is 68.4 cm³/mol. The fourth-order valence-electron chi connectivity index (χ4n) is 2.29. The van der Waals surface area contributed by atoms with Crippen LogP contribution in [0.3, 0.4) is 0 Å². The molecule has 3 heteroatoms. The second kappa shape index (κ2) is 6.69. The Bertz CT molecular complexity index is 293. The minimum absolute atomic E-state index is 0.250. The molecule has 1 rings (SSSR count). The molecule has 0 saturated carbocycles. The zero-order chi connectivity index (χ0) is 12.0. The third-order valence-corrected chi connectivity index (χ3v) is 3.11. The average Bonchev–Trinajstić information content (AvgIpc) is 2.69. The highest BCUT2D eigenvalue weighted by molar-refractivity contribution is 4.97. The van der Waals surface area contributed by atoms with Crippen LogP contribution in [0.2, 0.25) is 0 Å². The maximum Gasteiger partial charge on any atom is 0.108 e. The number of nitrogens with zero attached hydrogens (tertiary/aromatic N) is 2. The summed E-state index contributed by atoms with van der Waals surface area (Å²) < 4.78 is 2.28. The Kier molecular flexibility index (Phi) is 5.53. The zero-order valence-corrected chi connectivity index (χ0v) is 10.8. The van der Waals surface area contributed by atoms with Crippen LogP contribution in [0.1, 0.15) is 58.3 Å². The van der Waals surface area contributed by atoms with Gasteiger partial charge in [0.05, 0.1) is 0 Å². The molecule has 0 bridgehead atoms. The maximum atomic E-state index is 6.25. The van der Waals surface area contributed by atoms with Crippen LogP contribution >= 0.6 is 0 Å². The first-order valence-corrected chi connectivity index (χ1v) is 6.51. The summed E-state index contributed by atoms with van der Waals surface area (Å²) in [6.07, 6.45) is 9.46.